The maximum atomic E-state index is 12.6. The Bertz CT molecular complexity index is 1190. The Hall–Kier alpha value is -3.25. The Morgan fingerprint density at radius 1 is 0.944 bits per heavy atom. The number of carboxylic acids is 1. The van der Waals surface area contributed by atoms with Crippen LogP contribution in [0.3, 0.4) is 0 Å². The fourth-order valence-corrected chi connectivity index (χ4v) is 5.13. The summed E-state index contributed by atoms with van der Waals surface area (Å²) < 4.78 is 5.44. The van der Waals surface area contributed by atoms with Crippen LogP contribution in [0.2, 0.25) is 5.22 Å². The number of nitrogens with zero attached hydrogens (tertiary/aromatic N) is 1. The van der Waals surface area contributed by atoms with Crippen LogP contribution in [0.1, 0.15) is 78.9 Å². The molecule has 0 amide bonds. The minimum Gasteiger partial charge on any atom is -0.481 e. The van der Waals surface area contributed by atoms with Gasteiger partial charge in [0.1, 0.15) is 5.78 Å². The van der Waals surface area contributed by atoms with Crippen molar-refractivity contribution in [2.75, 3.05) is 0 Å². The van der Waals surface area contributed by atoms with Crippen LogP contribution in [-0.4, -0.2) is 27.6 Å². The van der Waals surface area contributed by atoms with E-state index in [0.29, 0.717) is 31.1 Å². The number of carbonyl (C=O) groups excluding carboxylic acids is 2. The average Bonchev–Trinajstić information content (AvgIpc) is 3.27. The number of oxazole rings is 1. The molecule has 1 heterocycles. The molecule has 0 unspecified atom stereocenters. The van der Waals surface area contributed by atoms with Crippen molar-refractivity contribution in [2.24, 2.45) is 5.92 Å². The third-order valence-electron chi connectivity index (χ3n) is 6.89. The van der Waals surface area contributed by atoms with Crippen LogP contribution in [0, 0.1) is 5.92 Å². The zero-order valence-corrected chi connectivity index (χ0v) is 20.9. The predicted molar refractivity (Wildman–Crippen MR) is 137 cm³/mol. The molecule has 1 N–H and O–H groups in total. The molecule has 2 aromatic carbocycles. The zero-order chi connectivity index (χ0) is 25.5. The van der Waals surface area contributed by atoms with Crippen LogP contribution in [0.25, 0.3) is 11.5 Å². The Balaban J connectivity index is 1.21. The second kappa shape index (κ2) is 12.1. The number of aliphatic carboxylic acids is 1. The molecule has 0 saturated heterocycles. The van der Waals surface area contributed by atoms with E-state index in [2.05, 4.69) is 17.1 Å². The molecule has 3 aromatic rings. The van der Waals surface area contributed by atoms with Crippen LogP contribution in [0.5, 0.6) is 0 Å². The summed E-state index contributed by atoms with van der Waals surface area (Å²) in [6, 6.07) is 17.4. The molecule has 6 nitrogen and oxygen atoms in total. The molecular weight excluding hydrogens is 478 g/mol. The van der Waals surface area contributed by atoms with Crippen molar-refractivity contribution in [1.82, 2.24) is 4.98 Å². The van der Waals surface area contributed by atoms with E-state index in [4.69, 9.17) is 21.1 Å². The Morgan fingerprint density at radius 2 is 1.64 bits per heavy atom. The lowest BCUT2D eigenvalue weighted by Crippen LogP contribution is -2.16. The number of benzene rings is 2. The molecule has 1 saturated carbocycles. The summed E-state index contributed by atoms with van der Waals surface area (Å²) in [5, 5.41) is 8.95. The molecule has 0 aliphatic heterocycles. The summed E-state index contributed by atoms with van der Waals surface area (Å²) in [7, 11) is 0. The van der Waals surface area contributed by atoms with Gasteiger partial charge in [0.15, 0.2) is 11.5 Å². The van der Waals surface area contributed by atoms with Gasteiger partial charge in [-0.15, -0.1) is 0 Å². The Morgan fingerprint density at radius 3 is 2.31 bits per heavy atom. The van der Waals surface area contributed by atoms with Crippen molar-refractivity contribution in [2.45, 2.75) is 63.7 Å². The van der Waals surface area contributed by atoms with Crippen molar-refractivity contribution < 1.29 is 23.9 Å². The maximum Gasteiger partial charge on any atom is 0.303 e. The second-order valence-corrected chi connectivity index (χ2v) is 9.90. The van der Waals surface area contributed by atoms with Crippen molar-refractivity contribution >= 4 is 29.1 Å². The van der Waals surface area contributed by atoms with Crippen LogP contribution < -0.4 is 0 Å². The molecule has 7 heteroatoms. The molecular formula is C29H30ClNO5. The van der Waals surface area contributed by atoms with E-state index in [1.165, 1.54) is 5.56 Å². The molecule has 0 spiro atoms. The van der Waals surface area contributed by atoms with Gasteiger partial charge in [-0.25, -0.2) is 4.98 Å². The number of carbonyl (C=O) groups is 3. The van der Waals surface area contributed by atoms with Crippen LogP contribution in [0.15, 0.2) is 59.0 Å². The molecule has 4 rings (SSSR count). The first-order chi connectivity index (χ1) is 17.4. The van der Waals surface area contributed by atoms with Gasteiger partial charge in [0.25, 0.3) is 0 Å². The Labute approximate surface area is 215 Å². The number of hydrogen-bond acceptors (Lipinski definition) is 5. The fraction of sp³-hybridized carbons (Fsp3) is 0.379. The molecule has 0 atom stereocenters. The summed E-state index contributed by atoms with van der Waals surface area (Å²) in [5.41, 5.74) is 3.06. The lowest BCUT2D eigenvalue weighted by Gasteiger charge is -2.28. The number of rotatable bonds is 11. The normalized spacial score (nSPS) is 17.6. The van der Waals surface area contributed by atoms with Gasteiger partial charge in [-0.3, -0.25) is 14.4 Å². The molecule has 188 valence electrons. The third-order valence-corrected chi connectivity index (χ3v) is 7.15. The summed E-state index contributed by atoms with van der Waals surface area (Å²) in [6.45, 7) is 0. The third kappa shape index (κ3) is 6.91. The van der Waals surface area contributed by atoms with Gasteiger partial charge in [-0.2, -0.15) is 0 Å². The van der Waals surface area contributed by atoms with Crippen molar-refractivity contribution in [1.29, 1.82) is 0 Å². The first-order valence-corrected chi connectivity index (χ1v) is 12.8. The van der Waals surface area contributed by atoms with E-state index in [-0.39, 0.29) is 41.2 Å². The van der Waals surface area contributed by atoms with Gasteiger partial charge >= 0.3 is 5.97 Å². The molecule has 1 aromatic heterocycles. The van der Waals surface area contributed by atoms with Crippen LogP contribution >= 0.6 is 11.6 Å². The Kier molecular flexibility index (Phi) is 8.70. The quantitative estimate of drug-likeness (QED) is 0.283. The van der Waals surface area contributed by atoms with Gasteiger partial charge in [0, 0.05) is 31.2 Å². The topological polar surface area (TPSA) is 97.5 Å². The van der Waals surface area contributed by atoms with E-state index in [0.717, 1.165) is 36.8 Å². The van der Waals surface area contributed by atoms with E-state index < -0.39 is 5.97 Å². The standard InChI is InChI=1S/C29H30ClNO5/c30-28-27(31-29(36-28)23-5-2-1-3-6-23)25(33)8-4-7-24(32)17-19-9-13-21(14-10-19)22-15-11-20(12-16-22)18-26(34)35/h1-3,5-6,9-10,13-14,20,22H,4,7-8,11-12,15-18H2,(H,34,35). The SMILES string of the molecule is O=C(O)CC1CCC(c2ccc(CC(=O)CCCC(=O)c3nc(-c4ccccc4)oc3Cl)cc2)CC1. The smallest absolute Gasteiger partial charge is 0.303 e. The number of carboxylic acid groups (broad SMARTS) is 1. The molecule has 0 radical (unpaired) electrons. The monoisotopic (exact) mass is 507 g/mol. The van der Waals surface area contributed by atoms with Crippen LogP contribution in [-0.2, 0) is 16.0 Å². The lowest BCUT2D eigenvalue weighted by atomic mass is 9.77. The molecule has 36 heavy (non-hydrogen) atoms. The average molecular weight is 508 g/mol. The van der Waals surface area contributed by atoms with Gasteiger partial charge in [-0.05, 0) is 78.8 Å². The summed E-state index contributed by atoms with van der Waals surface area (Å²) in [4.78, 5) is 40.2. The highest BCUT2D eigenvalue weighted by Gasteiger charge is 2.24. The number of ketones is 2. The number of aromatic nitrogens is 1. The summed E-state index contributed by atoms with van der Waals surface area (Å²) >= 11 is 6.09. The highest BCUT2D eigenvalue weighted by molar-refractivity contribution is 6.32. The first-order valence-electron chi connectivity index (χ1n) is 12.5. The fourth-order valence-electron chi connectivity index (χ4n) is 4.91. The molecule has 0 bridgehead atoms. The lowest BCUT2D eigenvalue weighted by molar-refractivity contribution is -0.138. The van der Waals surface area contributed by atoms with Gasteiger partial charge in [0.05, 0.1) is 0 Å². The van der Waals surface area contributed by atoms with Gasteiger partial charge < -0.3 is 9.52 Å². The minimum absolute atomic E-state index is 0.0272. The molecule has 1 aliphatic carbocycles. The number of halogens is 1. The predicted octanol–water partition coefficient (Wildman–Crippen LogP) is 6.91. The van der Waals surface area contributed by atoms with Crippen molar-refractivity contribution in [3.8, 4) is 11.5 Å². The largest absolute Gasteiger partial charge is 0.481 e. The zero-order valence-electron chi connectivity index (χ0n) is 20.1. The minimum atomic E-state index is -0.712. The second-order valence-electron chi connectivity index (χ2n) is 9.56. The van der Waals surface area contributed by atoms with E-state index in [1.54, 1.807) is 0 Å². The molecule has 1 aliphatic rings. The van der Waals surface area contributed by atoms with Crippen molar-refractivity contribution in [3.63, 3.8) is 0 Å². The van der Waals surface area contributed by atoms with E-state index in [1.807, 2.05) is 42.5 Å². The highest BCUT2D eigenvalue weighted by atomic mass is 35.5. The number of Topliss-reactive ketones (excluding diaryl/α,β-unsaturated/α-hetero) is 2. The molecule has 1 fully saturated rings. The summed E-state index contributed by atoms with van der Waals surface area (Å²) in [5.74, 6) is 0.181. The van der Waals surface area contributed by atoms with Crippen molar-refractivity contribution in [3.05, 3.63) is 76.6 Å². The number of hydrogen-bond donors (Lipinski definition) is 1. The summed E-state index contributed by atoms with van der Waals surface area (Å²) in [6.07, 6.45) is 5.42. The van der Waals surface area contributed by atoms with E-state index in [9.17, 15) is 14.4 Å². The van der Waals surface area contributed by atoms with Crippen LogP contribution in [0.4, 0.5) is 0 Å². The van der Waals surface area contributed by atoms with E-state index >= 15 is 0 Å². The maximum absolute atomic E-state index is 12.6. The highest BCUT2D eigenvalue weighted by Crippen LogP contribution is 2.37. The van der Waals surface area contributed by atoms with Gasteiger partial charge in [0.2, 0.25) is 11.1 Å². The van der Waals surface area contributed by atoms with Gasteiger partial charge in [-0.1, -0.05) is 42.5 Å². The first kappa shape index (κ1) is 25.8.